The minimum absolute atomic E-state index is 0.0319. The molecule has 0 saturated carbocycles. The Bertz CT molecular complexity index is 387. The lowest BCUT2D eigenvalue weighted by Gasteiger charge is -2.08. The normalized spacial score (nSPS) is 12.2. The summed E-state index contributed by atoms with van der Waals surface area (Å²) >= 11 is 0. The number of hydrogen-bond donors (Lipinski definition) is 2. The van der Waals surface area contributed by atoms with Crippen LogP contribution in [0.15, 0.2) is 6.33 Å². The number of aromatic amines is 1. The molecule has 7 nitrogen and oxygen atoms in total. The Kier molecular flexibility index (Phi) is 4.84. The highest BCUT2D eigenvalue weighted by atomic mass is 32.2. The minimum atomic E-state index is -3.32. The lowest BCUT2D eigenvalue weighted by Crippen LogP contribution is -2.29. The van der Waals surface area contributed by atoms with Crippen molar-refractivity contribution in [3.8, 4) is 0 Å². The van der Waals surface area contributed by atoms with E-state index < -0.39 is 10.0 Å². The summed E-state index contributed by atoms with van der Waals surface area (Å²) in [5, 5.41) is 6.18. The Morgan fingerprint density at radius 3 is 2.88 bits per heavy atom. The Morgan fingerprint density at radius 2 is 2.31 bits per heavy atom. The highest BCUT2D eigenvalue weighted by Gasteiger charge is 2.10. The molecule has 1 rings (SSSR count). The Morgan fingerprint density at radius 1 is 1.56 bits per heavy atom. The molecule has 0 unspecified atom stereocenters. The van der Waals surface area contributed by atoms with Gasteiger partial charge in [0.2, 0.25) is 10.0 Å². The van der Waals surface area contributed by atoms with Gasteiger partial charge in [0.15, 0.2) is 0 Å². The number of hydrogen-bond acceptors (Lipinski definition) is 5. The first-order valence-corrected chi connectivity index (χ1v) is 6.58. The van der Waals surface area contributed by atoms with E-state index >= 15 is 0 Å². The molecular formula is C8H16N4O3S. The molecule has 0 radical (unpaired) electrons. The Balaban J connectivity index is 2.29. The topological polar surface area (TPSA) is 97.0 Å². The number of ether oxygens (including phenoxy) is 1. The quantitative estimate of drug-likeness (QED) is 0.687. The zero-order valence-electron chi connectivity index (χ0n) is 9.30. The molecule has 0 spiro atoms. The van der Waals surface area contributed by atoms with Gasteiger partial charge in [0.05, 0.1) is 25.0 Å². The van der Waals surface area contributed by atoms with Crippen LogP contribution in [0.25, 0.3) is 0 Å². The van der Waals surface area contributed by atoms with Gasteiger partial charge in [-0.3, -0.25) is 5.10 Å². The molecule has 16 heavy (non-hydrogen) atoms. The van der Waals surface area contributed by atoms with Crippen LogP contribution in [0.4, 0.5) is 0 Å². The largest absolute Gasteiger partial charge is 0.378 e. The van der Waals surface area contributed by atoms with Crippen LogP contribution in [-0.2, 0) is 21.3 Å². The van der Waals surface area contributed by atoms with E-state index in [0.717, 1.165) is 0 Å². The molecule has 0 aliphatic rings. The monoisotopic (exact) mass is 248 g/mol. The third kappa shape index (κ3) is 5.19. The zero-order chi connectivity index (χ0) is 12.0. The first-order chi connectivity index (χ1) is 7.49. The summed E-state index contributed by atoms with van der Waals surface area (Å²) in [6.45, 7) is 4.01. The van der Waals surface area contributed by atoms with E-state index in [2.05, 4.69) is 19.9 Å². The number of aromatic nitrogens is 3. The predicted octanol–water partition coefficient (Wildman–Crippen LogP) is -0.351. The third-order valence-corrected chi connectivity index (χ3v) is 3.02. The molecule has 0 bridgehead atoms. The maximum Gasteiger partial charge on any atom is 0.214 e. The fraction of sp³-hybridized carbons (Fsp3) is 0.750. The SMILES string of the molecule is CC(C)OCCS(=O)(=O)NCc1ncn[nH]1. The van der Waals surface area contributed by atoms with Crippen LogP contribution >= 0.6 is 0 Å². The standard InChI is InChI=1S/C8H16N4O3S/c1-7(2)15-3-4-16(13,14)11-5-8-9-6-10-12-8/h6-7,11H,3-5H2,1-2H3,(H,9,10,12). The van der Waals surface area contributed by atoms with Gasteiger partial charge >= 0.3 is 0 Å². The molecule has 8 heteroatoms. The molecule has 0 atom stereocenters. The van der Waals surface area contributed by atoms with E-state index in [1.807, 2.05) is 13.8 Å². The second-order valence-electron chi connectivity index (χ2n) is 3.49. The lowest BCUT2D eigenvalue weighted by atomic mass is 10.5. The average molecular weight is 248 g/mol. The molecule has 0 fully saturated rings. The van der Waals surface area contributed by atoms with E-state index in [0.29, 0.717) is 5.82 Å². The van der Waals surface area contributed by atoms with E-state index in [9.17, 15) is 8.42 Å². The molecule has 1 aromatic rings. The number of nitrogens with zero attached hydrogens (tertiary/aromatic N) is 2. The average Bonchev–Trinajstić information content (AvgIpc) is 2.66. The van der Waals surface area contributed by atoms with Crippen LogP contribution in [0.2, 0.25) is 0 Å². The fourth-order valence-corrected chi connectivity index (χ4v) is 1.78. The second kappa shape index (κ2) is 5.92. The summed E-state index contributed by atoms with van der Waals surface area (Å²) in [6.07, 6.45) is 1.36. The maximum absolute atomic E-state index is 11.5. The summed E-state index contributed by atoms with van der Waals surface area (Å²) < 4.78 is 30.5. The lowest BCUT2D eigenvalue weighted by molar-refractivity contribution is 0.0911. The summed E-state index contributed by atoms with van der Waals surface area (Å²) in [4.78, 5) is 3.80. The smallest absolute Gasteiger partial charge is 0.214 e. The highest BCUT2D eigenvalue weighted by Crippen LogP contribution is 1.93. The first-order valence-electron chi connectivity index (χ1n) is 4.93. The van der Waals surface area contributed by atoms with Crippen molar-refractivity contribution in [3.63, 3.8) is 0 Å². The van der Waals surface area contributed by atoms with Gasteiger partial charge in [-0.15, -0.1) is 0 Å². The molecule has 1 heterocycles. The minimum Gasteiger partial charge on any atom is -0.378 e. The van der Waals surface area contributed by atoms with Gasteiger partial charge in [0, 0.05) is 0 Å². The van der Waals surface area contributed by atoms with E-state index in [-0.39, 0.29) is 25.0 Å². The van der Waals surface area contributed by atoms with E-state index in [4.69, 9.17) is 4.74 Å². The van der Waals surface area contributed by atoms with Crippen LogP contribution < -0.4 is 4.72 Å². The second-order valence-corrected chi connectivity index (χ2v) is 5.42. The van der Waals surface area contributed by atoms with E-state index in [1.165, 1.54) is 6.33 Å². The summed E-state index contributed by atoms with van der Waals surface area (Å²) in [6, 6.07) is 0. The summed E-state index contributed by atoms with van der Waals surface area (Å²) in [5.74, 6) is 0.424. The molecule has 0 saturated heterocycles. The van der Waals surface area contributed by atoms with Crippen molar-refractivity contribution in [2.24, 2.45) is 0 Å². The Labute approximate surface area is 94.7 Å². The highest BCUT2D eigenvalue weighted by molar-refractivity contribution is 7.89. The van der Waals surface area contributed by atoms with Crippen LogP contribution in [-0.4, -0.2) is 42.1 Å². The van der Waals surface area contributed by atoms with Crippen LogP contribution in [0.3, 0.4) is 0 Å². The van der Waals surface area contributed by atoms with Crippen LogP contribution in [0.1, 0.15) is 19.7 Å². The molecule has 0 aromatic carbocycles. The molecule has 0 amide bonds. The van der Waals surface area contributed by atoms with Crippen molar-refractivity contribution in [1.82, 2.24) is 19.9 Å². The molecule has 0 aliphatic heterocycles. The third-order valence-electron chi connectivity index (χ3n) is 1.73. The maximum atomic E-state index is 11.5. The number of nitrogens with one attached hydrogen (secondary N) is 2. The Hall–Kier alpha value is -0.990. The van der Waals surface area contributed by atoms with Crippen molar-refractivity contribution in [3.05, 3.63) is 12.2 Å². The zero-order valence-corrected chi connectivity index (χ0v) is 10.1. The van der Waals surface area contributed by atoms with Crippen molar-refractivity contribution >= 4 is 10.0 Å². The molecule has 92 valence electrons. The molecular weight excluding hydrogens is 232 g/mol. The van der Waals surface area contributed by atoms with Crippen LogP contribution in [0, 0.1) is 0 Å². The number of H-pyrrole nitrogens is 1. The van der Waals surface area contributed by atoms with Crippen molar-refractivity contribution in [2.75, 3.05) is 12.4 Å². The molecule has 0 aliphatic carbocycles. The van der Waals surface area contributed by atoms with Gasteiger partial charge in [-0.25, -0.2) is 18.1 Å². The molecule has 2 N–H and O–H groups in total. The van der Waals surface area contributed by atoms with Gasteiger partial charge in [0.25, 0.3) is 0 Å². The first kappa shape index (κ1) is 13.1. The number of rotatable bonds is 7. The van der Waals surface area contributed by atoms with Crippen LogP contribution in [0.5, 0.6) is 0 Å². The van der Waals surface area contributed by atoms with Gasteiger partial charge in [0.1, 0.15) is 12.2 Å². The summed E-state index contributed by atoms with van der Waals surface area (Å²) in [7, 11) is -3.32. The van der Waals surface area contributed by atoms with Gasteiger partial charge < -0.3 is 4.74 Å². The summed E-state index contributed by atoms with van der Waals surface area (Å²) in [5.41, 5.74) is 0. The van der Waals surface area contributed by atoms with Gasteiger partial charge in [-0.1, -0.05) is 0 Å². The number of sulfonamides is 1. The van der Waals surface area contributed by atoms with Crippen molar-refractivity contribution < 1.29 is 13.2 Å². The van der Waals surface area contributed by atoms with Crippen molar-refractivity contribution in [2.45, 2.75) is 26.5 Å². The van der Waals surface area contributed by atoms with E-state index in [1.54, 1.807) is 0 Å². The van der Waals surface area contributed by atoms with Gasteiger partial charge in [-0.2, -0.15) is 5.10 Å². The predicted molar refractivity (Wildman–Crippen MR) is 58.1 cm³/mol. The van der Waals surface area contributed by atoms with Gasteiger partial charge in [-0.05, 0) is 13.8 Å². The fourth-order valence-electron chi connectivity index (χ4n) is 0.960. The molecule has 1 aromatic heterocycles. The van der Waals surface area contributed by atoms with Crippen molar-refractivity contribution in [1.29, 1.82) is 0 Å².